The number of imide groups is 1. The third kappa shape index (κ3) is 7.98. The number of hydrogen-bond acceptors (Lipinski definition) is 6. The van der Waals surface area contributed by atoms with Crippen LogP contribution in [0.1, 0.15) is 71.1 Å². The Hall–Kier alpha value is -2.70. The zero-order chi connectivity index (χ0) is 23.6. The number of carbonyl (C=O) groups is 4. The molecule has 0 spiro atoms. The molecule has 0 aromatic rings. The van der Waals surface area contributed by atoms with Gasteiger partial charge in [-0.25, -0.2) is 4.79 Å². The van der Waals surface area contributed by atoms with Crippen molar-refractivity contribution in [2.45, 2.75) is 83.3 Å². The summed E-state index contributed by atoms with van der Waals surface area (Å²) in [4.78, 5) is 48.5. The Morgan fingerprint density at radius 3 is 2.64 bits per heavy atom. The Kier molecular flexibility index (Phi) is 9.46. The van der Waals surface area contributed by atoms with Crippen LogP contribution in [0.2, 0.25) is 0 Å². The fourth-order valence-corrected chi connectivity index (χ4v) is 4.75. The number of fused-ring (bicyclic) bond motifs is 1. The van der Waals surface area contributed by atoms with Crippen LogP contribution in [0.25, 0.3) is 0 Å². The highest BCUT2D eigenvalue weighted by molar-refractivity contribution is 6.12. The van der Waals surface area contributed by atoms with E-state index in [0.717, 1.165) is 44.9 Å². The number of nitrogens with zero attached hydrogens (tertiary/aromatic N) is 1. The van der Waals surface area contributed by atoms with Gasteiger partial charge in [-0.3, -0.25) is 19.3 Å². The molecular formula is C26H35NO6. The highest BCUT2D eigenvalue weighted by atomic mass is 16.5. The lowest BCUT2D eigenvalue weighted by Gasteiger charge is -2.14. The highest BCUT2D eigenvalue weighted by Gasteiger charge is 2.34. The summed E-state index contributed by atoms with van der Waals surface area (Å²) in [7, 11) is 0. The smallest absolute Gasteiger partial charge is 0.330 e. The number of amides is 2. The summed E-state index contributed by atoms with van der Waals surface area (Å²) in [5.41, 5.74) is 0. The monoisotopic (exact) mass is 457 g/mol. The number of hydrogen-bond donors (Lipinski definition) is 0. The van der Waals surface area contributed by atoms with Gasteiger partial charge in [0.2, 0.25) is 0 Å². The summed E-state index contributed by atoms with van der Waals surface area (Å²) in [6.07, 6.45) is 17.9. The first-order valence-electron chi connectivity index (χ1n) is 12.2. The topological polar surface area (TPSA) is 90.0 Å². The molecule has 7 heteroatoms. The average molecular weight is 458 g/mol. The standard InChI is InChI=1S/C26H35NO6/c1-19-9-4-2-5-10-20-17-22(18-21(20)11-8-13-25(30)32-19)33-26(31)12-6-3-7-16-27-23(28)14-15-24(27)29/h5,8,10,13-15,19-22H,2-4,6-7,9,11-12,16-18H2,1H3/b10-5+,13-8+/t19-,20?,21+,22-/m0/s1. The average Bonchev–Trinajstić information content (AvgIpc) is 3.29. The van der Waals surface area contributed by atoms with Crippen molar-refractivity contribution in [1.29, 1.82) is 0 Å². The number of ether oxygens (including phenoxy) is 2. The minimum absolute atomic E-state index is 0.0678. The van der Waals surface area contributed by atoms with E-state index >= 15 is 0 Å². The van der Waals surface area contributed by atoms with Gasteiger partial charge in [0.25, 0.3) is 11.8 Å². The number of unbranched alkanes of at least 4 members (excludes halogenated alkanes) is 2. The molecule has 0 radical (unpaired) electrons. The quantitative estimate of drug-likeness (QED) is 0.248. The predicted molar refractivity (Wildman–Crippen MR) is 123 cm³/mol. The van der Waals surface area contributed by atoms with E-state index in [4.69, 9.17) is 9.47 Å². The van der Waals surface area contributed by atoms with Gasteiger partial charge in [0, 0.05) is 31.2 Å². The molecule has 1 unspecified atom stereocenters. The van der Waals surface area contributed by atoms with E-state index in [2.05, 4.69) is 12.2 Å². The summed E-state index contributed by atoms with van der Waals surface area (Å²) >= 11 is 0. The van der Waals surface area contributed by atoms with Crippen LogP contribution in [0.3, 0.4) is 0 Å². The predicted octanol–water partition coefficient (Wildman–Crippen LogP) is 4.03. The molecule has 1 aliphatic carbocycles. The zero-order valence-electron chi connectivity index (χ0n) is 19.4. The SMILES string of the molecule is C[C@H]1CCC/C=C/C2C[C@H](OC(=O)CCCCCN3C(=O)C=CC3=O)C[C@H]2C/C=C/C(=O)O1. The van der Waals surface area contributed by atoms with E-state index < -0.39 is 0 Å². The molecule has 0 bridgehead atoms. The molecule has 180 valence electrons. The first-order valence-corrected chi connectivity index (χ1v) is 12.2. The van der Waals surface area contributed by atoms with Crippen LogP contribution < -0.4 is 0 Å². The van der Waals surface area contributed by atoms with Crippen molar-refractivity contribution in [3.8, 4) is 0 Å². The van der Waals surface area contributed by atoms with Crippen molar-refractivity contribution in [2.24, 2.45) is 11.8 Å². The van der Waals surface area contributed by atoms with Gasteiger partial charge in [-0.05, 0) is 70.1 Å². The summed E-state index contributed by atoms with van der Waals surface area (Å²) in [5, 5.41) is 0. The number of carbonyl (C=O) groups excluding carboxylic acids is 4. The number of allylic oxidation sites excluding steroid dienone is 3. The molecule has 2 heterocycles. The highest BCUT2D eigenvalue weighted by Crippen LogP contribution is 2.38. The molecule has 7 nitrogen and oxygen atoms in total. The minimum atomic E-state index is -0.290. The van der Waals surface area contributed by atoms with Crippen molar-refractivity contribution in [3.05, 3.63) is 36.5 Å². The molecule has 0 aromatic heterocycles. The third-order valence-corrected chi connectivity index (χ3v) is 6.54. The summed E-state index contributed by atoms with van der Waals surface area (Å²) in [6, 6.07) is 0. The van der Waals surface area contributed by atoms with Gasteiger partial charge in [0.05, 0.1) is 6.10 Å². The summed E-state index contributed by atoms with van der Waals surface area (Å²) in [6.45, 7) is 2.31. The maximum absolute atomic E-state index is 12.3. The Labute approximate surface area is 195 Å². The van der Waals surface area contributed by atoms with Crippen LogP contribution in [0.5, 0.6) is 0 Å². The molecule has 0 saturated heterocycles. The van der Waals surface area contributed by atoms with E-state index in [-0.39, 0.29) is 36.0 Å². The molecule has 2 amide bonds. The van der Waals surface area contributed by atoms with Crippen LogP contribution in [0, 0.1) is 11.8 Å². The first kappa shape index (κ1) is 24.9. The van der Waals surface area contributed by atoms with Crippen molar-refractivity contribution in [3.63, 3.8) is 0 Å². The molecule has 0 aromatic carbocycles. The van der Waals surface area contributed by atoms with Crippen LogP contribution in [-0.4, -0.2) is 47.4 Å². The molecule has 1 fully saturated rings. The largest absolute Gasteiger partial charge is 0.462 e. The van der Waals surface area contributed by atoms with E-state index in [0.29, 0.717) is 37.6 Å². The second kappa shape index (κ2) is 12.5. The zero-order valence-corrected chi connectivity index (χ0v) is 19.4. The molecule has 2 aliphatic heterocycles. The maximum Gasteiger partial charge on any atom is 0.330 e. The molecule has 0 N–H and O–H groups in total. The molecule has 1 saturated carbocycles. The van der Waals surface area contributed by atoms with E-state index in [1.54, 1.807) is 0 Å². The Bertz CT molecular complexity index is 796. The first-order chi connectivity index (χ1) is 15.9. The van der Waals surface area contributed by atoms with Crippen LogP contribution in [-0.2, 0) is 28.7 Å². The van der Waals surface area contributed by atoms with Gasteiger partial charge in [-0.1, -0.05) is 24.6 Å². The van der Waals surface area contributed by atoms with Crippen LogP contribution >= 0.6 is 0 Å². The van der Waals surface area contributed by atoms with Crippen molar-refractivity contribution < 1.29 is 28.7 Å². The fourth-order valence-electron chi connectivity index (χ4n) is 4.75. The van der Waals surface area contributed by atoms with Gasteiger partial charge in [-0.2, -0.15) is 0 Å². The number of cyclic esters (lactones) is 1. The number of rotatable bonds is 7. The fraction of sp³-hybridized carbons (Fsp3) is 0.615. The van der Waals surface area contributed by atoms with Crippen LogP contribution in [0.15, 0.2) is 36.5 Å². The lowest BCUT2D eigenvalue weighted by Crippen LogP contribution is -2.30. The molecule has 3 rings (SSSR count). The van der Waals surface area contributed by atoms with Crippen molar-refractivity contribution >= 4 is 23.8 Å². The second-order valence-electron chi connectivity index (χ2n) is 9.22. The maximum atomic E-state index is 12.3. The lowest BCUT2D eigenvalue weighted by atomic mass is 9.92. The number of esters is 2. The molecule has 4 atom stereocenters. The van der Waals surface area contributed by atoms with Gasteiger partial charge in [0.1, 0.15) is 6.10 Å². The normalized spacial score (nSPS) is 30.1. The summed E-state index contributed by atoms with van der Waals surface area (Å²) in [5.74, 6) is -0.339. The Morgan fingerprint density at radius 1 is 1.06 bits per heavy atom. The molecule has 3 aliphatic rings. The Balaban J connectivity index is 1.39. The van der Waals surface area contributed by atoms with Crippen molar-refractivity contribution in [2.75, 3.05) is 6.54 Å². The summed E-state index contributed by atoms with van der Waals surface area (Å²) < 4.78 is 11.1. The molecule has 33 heavy (non-hydrogen) atoms. The van der Waals surface area contributed by atoms with Gasteiger partial charge < -0.3 is 9.47 Å². The minimum Gasteiger partial charge on any atom is -0.462 e. The lowest BCUT2D eigenvalue weighted by molar-refractivity contribution is -0.149. The van der Waals surface area contributed by atoms with Gasteiger partial charge in [-0.15, -0.1) is 0 Å². The molecular weight excluding hydrogens is 422 g/mol. The third-order valence-electron chi connectivity index (χ3n) is 6.54. The van der Waals surface area contributed by atoms with E-state index in [9.17, 15) is 19.2 Å². The van der Waals surface area contributed by atoms with E-state index in [1.807, 2.05) is 13.0 Å². The second-order valence-corrected chi connectivity index (χ2v) is 9.22. The van der Waals surface area contributed by atoms with E-state index in [1.165, 1.54) is 23.1 Å². The Morgan fingerprint density at radius 2 is 1.85 bits per heavy atom. The van der Waals surface area contributed by atoms with Gasteiger partial charge in [0.15, 0.2) is 0 Å². The van der Waals surface area contributed by atoms with Crippen LogP contribution in [0.4, 0.5) is 0 Å². The van der Waals surface area contributed by atoms with Crippen molar-refractivity contribution in [1.82, 2.24) is 4.90 Å². The van der Waals surface area contributed by atoms with Gasteiger partial charge >= 0.3 is 11.9 Å².